The van der Waals surface area contributed by atoms with Crippen LogP contribution in [0.25, 0.3) is 0 Å². The van der Waals surface area contributed by atoms with Crippen molar-refractivity contribution in [2.45, 2.75) is 36.9 Å². The molecule has 2 heterocycles. The van der Waals surface area contributed by atoms with Crippen LogP contribution in [0.3, 0.4) is 0 Å². The van der Waals surface area contributed by atoms with E-state index in [9.17, 15) is 9.59 Å². The minimum absolute atomic E-state index is 0.0262. The third-order valence-corrected chi connectivity index (χ3v) is 6.59. The number of carbonyl (C=O) groups excluding carboxylic acids is 1. The highest BCUT2D eigenvalue weighted by atomic mass is 32.2. The molecule has 4 rings (SSSR count). The van der Waals surface area contributed by atoms with Crippen molar-refractivity contribution in [3.05, 3.63) is 93.9 Å². The van der Waals surface area contributed by atoms with Crippen LogP contribution >= 0.6 is 11.8 Å². The number of nitrogens with one attached hydrogen (secondary N) is 1. The van der Waals surface area contributed by atoms with Gasteiger partial charge in [-0.1, -0.05) is 72.4 Å². The van der Waals surface area contributed by atoms with Gasteiger partial charge in [0.25, 0.3) is 5.56 Å². The molecule has 1 aliphatic rings. The van der Waals surface area contributed by atoms with Gasteiger partial charge >= 0.3 is 0 Å². The van der Waals surface area contributed by atoms with Crippen molar-refractivity contribution in [3.8, 4) is 0 Å². The quantitative estimate of drug-likeness (QED) is 0.590. The molecule has 1 atom stereocenters. The summed E-state index contributed by atoms with van der Waals surface area (Å²) >= 11 is 1.54. The van der Waals surface area contributed by atoms with E-state index in [2.05, 4.69) is 34.6 Å². The molecule has 1 aliphatic heterocycles. The van der Waals surface area contributed by atoms with E-state index in [-0.39, 0.29) is 23.4 Å². The smallest absolute Gasteiger partial charge is 0.257 e. The van der Waals surface area contributed by atoms with Crippen LogP contribution in [-0.2, 0) is 4.79 Å². The molecule has 30 heavy (non-hydrogen) atoms. The van der Waals surface area contributed by atoms with Crippen LogP contribution in [0.1, 0.15) is 41.5 Å². The second-order valence-corrected chi connectivity index (χ2v) is 8.57. The number of amides is 1. The van der Waals surface area contributed by atoms with E-state index in [1.165, 1.54) is 22.9 Å². The number of carbonyl (C=O) groups is 1. The van der Waals surface area contributed by atoms with Gasteiger partial charge in [-0.05, 0) is 24.5 Å². The third kappa shape index (κ3) is 4.49. The lowest BCUT2D eigenvalue weighted by Crippen LogP contribution is -2.32. The Hall–Kier alpha value is -2.86. The normalized spacial score (nSPS) is 15.2. The van der Waals surface area contributed by atoms with Crippen molar-refractivity contribution in [1.29, 1.82) is 0 Å². The molecule has 1 amide bonds. The Morgan fingerprint density at radius 1 is 1.13 bits per heavy atom. The first kappa shape index (κ1) is 20.4. The van der Waals surface area contributed by atoms with Crippen LogP contribution in [0.2, 0.25) is 0 Å². The maximum absolute atomic E-state index is 12.6. The van der Waals surface area contributed by atoms with Crippen molar-refractivity contribution in [3.63, 3.8) is 0 Å². The second kappa shape index (κ2) is 9.30. The van der Waals surface area contributed by atoms with E-state index in [1.807, 2.05) is 36.4 Å². The summed E-state index contributed by atoms with van der Waals surface area (Å²) in [5.74, 6) is 0.905. The van der Waals surface area contributed by atoms with Crippen LogP contribution in [0.4, 0.5) is 0 Å². The molecule has 0 saturated heterocycles. The van der Waals surface area contributed by atoms with E-state index in [4.69, 9.17) is 0 Å². The summed E-state index contributed by atoms with van der Waals surface area (Å²) in [6, 6.07) is 20.6. The number of rotatable bonds is 7. The Morgan fingerprint density at radius 2 is 1.77 bits per heavy atom. The predicted octanol–water partition coefficient (Wildman–Crippen LogP) is 3.93. The first-order chi connectivity index (χ1) is 14.6. The van der Waals surface area contributed by atoms with E-state index < -0.39 is 0 Å². The maximum Gasteiger partial charge on any atom is 0.257 e. The fraction of sp³-hybridized carbons (Fsp3) is 0.292. The topological polar surface area (TPSA) is 64.0 Å². The van der Waals surface area contributed by atoms with Gasteiger partial charge in [0.15, 0.2) is 5.16 Å². The van der Waals surface area contributed by atoms with Gasteiger partial charge < -0.3 is 5.32 Å². The van der Waals surface area contributed by atoms with Gasteiger partial charge in [-0.15, -0.1) is 0 Å². The summed E-state index contributed by atoms with van der Waals surface area (Å²) < 4.78 is 1.68. The number of hydrogen-bond donors (Lipinski definition) is 1. The summed E-state index contributed by atoms with van der Waals surface area (Å²) in [5, 5.41) is 3.77. The molecule has 0 bridgehead atoms. The minimum atomic E-state index is -0.135. The van der Waals surface area contributed by atoms with Gasteiger partial charge in [-0.2, -0.15) is 0 Å². The number of fused-ring (bicyclic) bond motifs is 1. The first-order valence-electron chi connectivity index (χ1n) is 10.2. The summed E-state index contributed by atoms with van der Waals surface area (Å²) in [5.41, 5.74) is 3.05. The van der Waals surface area contributed by atoms with Crippen LogP contribution < -0.4 is 10.9 Å². The second-order valence-electron chi connectivity index (χ2n) is 7.58. The minimum Gasteiger partial charge on any atom is -0.356 e. The molecule has 0 fully saturated rings. The van der Waals surface area contributed by atoms with Crippen LogP contribution in [0, 0.1) is 6.92 Å². The van der Waals surface area contributed by atoms with Gasteiger partial charge in [-0.25, -0.2) is 4.98 Å². The molecule has 0 aliphatic carbocycles. The van der Waals surface area contributed by atoms with Crippen molar-refractivity contribution in [1.82, 2.24) is 14.9 Å². The third-order valence-electron chi connectivity index (χ3n) is 5.48. The Balaban J connectivity index is 1.39. The standard InChI is InChI=1S/C24H25N3O2S/c1-17-15-26-24-27(23(17)29)20(16-30-24)14-22(28)25-13-12-21(18-8-4-2-5-9-18)19-10-6-3-7-11-19/h2-11,15,20-21H,12-14,16H2,1H3,(H,25,28)/t20-/m1/s1. The van der Waals surface area contributed by atoms with Crippen LogP contribution in [0.15, 0.2) is 76.8 Å². The first-order valence-corrected chi connectivity index (χ1v) is 11.2. The Kier molecular flexibility index (Phi) is 6.33. The molecule has 5 nitrogen and oxygen atoms in total. The molecule has 154 valence electrons. The zero-order chi connectivity index (χ0) is 20.9. The average molecular weight is 420 g/mol. The fourth-order valence-corrected chi connectivity index (χ4v) is 5.02. The van der Waals surface area contributed by atoms with Crippen LogP contribution in [-0.4, -0.2) is 27.8 Å². The van der Waals surface area contributed by atoms with Gasteiger partial charge in [0, 0.05) is 36.4 Å². The number of benzene rings is 2. The zero-order valence-electron chi connectivity index (χ0n) is 17.0. The highest BCUT2D eigenvalue weighted by Crippen LogP contribution is 2.32. The molecule has 0 saturated carbocycles. The van der Waals surface area contributed by atoms with Crippen molar-refractivity contribution < 1.29 is 4.79 Å². The molecular weight excluding hydrogens is 394 g/mol. The van der Waals surface area contributed by atoms with E-state index >= 15 is 0 Å². The van der Waals surface area contributed by atoms with Gasteiger partial charge in [0.1, 0.15) is 0 Å². The number of aryl methyl sites for hydroxylation is 1. The van der Waals surface area contributed by atoms with E-state index in [1.54, 1.807) is 17.7 Å². The Morgan fingerprint density at radius 3 is 2.40 bits per heavy atom. The predicted molar refractivity (Wildman–Crippen MR) is 120 cm³/mol. The van der Waals surface area contributed by atoms with Crippen molar-refractivity contribution >= 4 is 17.7 Å². The zero-order valence-corrected chi connectivity index (χ0v) is 17.8. The molecule has 0 unspecified atom stereocenters. The molecule has 0 radical (unpaired) electrons. The van der Waals surface area contributed by atoms with Crippen molar-refractivity contribution in [2.75, 3.05) is 12.3 Å². The van der Waals surface area contributed by atoms with Crippen molar-refractivity contribution in [2.24, 2.45) is 0 Å². The molecule has 1 N–H and O–H groups in total. The summed E-state index contributed by atoms with van der Waals surface area (Å²) in [6.07, 6.45) is 2.72. The number of hydrogen-bond acceptors (Lipinski definition) is 4. The van der Waals surface area contributed by atoms with Gasteiger partial charge in [0.05, 0.1) is 6.04 Å². The van der Waals surface area contributed by atoms with Gasteiger partial charge in [0.2, 0.25) is 5.91 Å². The summed E-state index contributed by atoms with van der Waals surface area (Å²) in [7, 11) is 0. The van der Waals surface area contributed by atoms with E-state index in [0.717, 1.165) is 6.42 Å². The molecular formula is C24H25N3O2S. The summed E-state index contributed by atoms with van der Waals surface area (Å²) in [6.45, 7) is 2.34. The molecule has 3 aromatic rings. The number of aromatic nitrogens is 2. The Labute approximate surface area is 180 Å². The molecule has 2 aromatic carbocycles. The fourth-order valence-electron chi connectivity index (χ4n) is 3.91. The summed E-state index contributed by atoms with van der Waals surface area (Å²) in [4.78, 5) is 29.4. The highest BCUT2D eigenvalue weighted by molar-refractivity contribution is 7.99. The molecule has 0 spiro atoms. The Bertz CT molecular complexity index is 1030. The monoisotopic (exact) mass is 419 g/mol. The van der Waals surface area contributed by atoms with Crippen LogP contribution in [0.5, 0.6) is 0 Å². The lowest BCUT2D eigenvalue weighted by molar-refractivity contribution is -0.121. The van der Waals surface area contributed by atoms with Gasteiger partial charge in [-0.3, -0.25) is 14.2 Å². The highest BCUT2D eigenvalue weighted by Gasteiger charge is 2.27. The molecule has 1 aromatic heterocycles. The maximum atomic E-state index is 12.6. The lowest BCUT2D eigenvalue weighted by atomic mass is 9.88. The lowest BCUT2D eigenvalue weighted by Gasteiger charge is -2.19. The van der Waals surface area contributed by atoms with E-state index in [0.29, 0.717) is 29.4 Å². The number of nitrogens with zero attached hydrogens (tertiary/aromatic N) is 2. The molecule has 6 heteroatoms. The largest absolute Gasteiger partial charge is 0.356 e. The number of thioether (sulfide) groups is 1. The average Bonchev–Trinajstić information content (AvgIpc) is 3.18. The SMILES string of the molecule is Cc1cnc2n(c1=O)[C@H](CC(=O)NCCC(c1ccccc1)c1ccccc1)CS2.